The molecule has 1 saturated carbocycles. The number of benzene rings is 1. The van der Waals surface area contributed by atoms with E-state index in [1.807, 2.05) is 0 Å². The minimum Gasteiger partial charge on any atom is -0.389 e. The van der Waals surface area contributed by atoms with Gasteiger partial charge in [0.25, 0.3) is 0 Å². The average Bonchev–Trinajstić information content (AvgIpc) is 2.17. The van der Waals surface area contributed by atoms with Crippen molar-refractivity contribution >= 4 is 15.9 Å². The molecule has 0 aromatic heterocycles. The van der Waals surface area contributed by atoms with E-state index in [0.29, 0.717) is 12.8 Å². The first kappa shape index (κ1) is 12.0. The van der Waals surface area contributed by atoms with Crippen LogP contribution in [0.1, 0.15) is 18.4 Å². The van der Waals surface area contributed by atoms with E-state index in [9.17, 15) is 13.9 Å². The van der Waals surface area contributed by atoms with Crippen molar-refractivity contribution in [1.82, 2.24) is 0 Å². The largest absolute Gasteiger partial charge is 0.389 e. The molecular formula is C11H12BrF2NO. The van der Waals surface area contributed by atoms with Gasteiger partial charge in [-0.05, 0) is 40.9 Å². The van der Waals surface area contributed by atoms with Crippen LogP contribution in [0.15, 0.2) is 16.6 Å². The topological polar surface area (TPSA) is 46.2 Å². The second-order valence-electron chi connectivity index (χ2n) is 4.39. The number of nitrogens with two attached hydrogens (primary N) is 1. The summed E-state index contributed by atoms with van der Waals surface area (Å²) in [4.78, 5) is 0. The van der Waals surface area contributed by atoms with Crippen molar-refractivity contribution in [2.45, 2.75) is 30.9 Å². The van der Waals surface area contributed by atoms with E-state index in [-0.39, 0.29) is 22.5 Å². The van der Waals surface area contributed by atoms with Gasteiger partial charge >= 0.3 is 0 Å². The zero-order valence-electron chi connectivity index (χ0n) is 8.51. The molecule has 1 aliphatic rings. The van der Waals surface area contributed by atoms with Crippen molar-refractivity contribution in [1.29, 1.82) is 0 Å². The molecule has 0 saturated heterocycles. The molecule has 5 heteroatoms. The van der Waals surface area contributed by atoms with Crippen molar-refractivity contribution in [2.24, 2.45) is 5.73 Å². The number of halogens is 3. The van der Waals surface area contributed by atoms with Crippen LogP contribution in [-0.4, -0.2) is 16.7 Å². The Balaban J connectivity index is 2.25. The lowest BCUT2D eigenvalue weighted by Crippen LogP contribution is -2.53. The third-order valence-corrected chi connectivity index (χ3v) is 3.54. The van der Waals surface area contributed by atoms with Crippen LogP contribution in [0.2, 0.25) is 0 Å². The maximum absolute atomic E-state index is 13.6. The maximum atomic E-state index is 13.6. The van der Waals surface area contributed by atoms with Gasteiger partial charge in [0.05, 0.1) is 10.1 Å². The van der Waals surface area contributed by atoms with Gasteiger partial charge in [0.15, 0.2) is 0 Å². The smallest absolute Gasteiger partial charge is 0.143 e. The van der Waals surface area contributed by atoms with Gasteiger partial charge in [-0.15, -0.1) is 0 Å². The zero-order valence-corrected chi connectivity index (χ0v) is 10.1. The van der Waals surface area contributed by atoms with Crippen molar-refractivity contribution in [2.75, 3.05) is 0 Å². The summed E-state index contributed by atoms with van der Waals surface area (Å²) in [5, 5.41) is 9.94. The molecule has 0 bridgehead atoms. The van der Waals surface area contributed by atoms with E-state index >= 15 is 0 Å². The molecule has 0 aliphatic heterocycles. The van der Waals surface area contributed by atoms with Crippen LogP contribution >= 0.6 is 15.9 Å². The van der Waals surface area contributed by atoms with Crippen LogP contribution in [0.5, 0.6) is 0 Å². The third-order valence-electron chi connectivity index (χ3n) is 2.93. The minimum absolute atomic E-state index is 0.0300. The number of aliphatic hydroxyl groups is 1. The molecule has 3 N–H and O–H groups in total. The van der Waals surface area contributed by atoms with Crippen molar-refractivity contribution in [3.63, 3.8) is 0 Å². The predicted molar refractivity (Wildman–Crippen MR) is 59.9 cm³/mol. The average molecular weight is 292 g/mol. The van der Waals surface area contributed by atoms with E-state index in [2.05, 4.69) is 15.9 Å². The Morgan fingerprint density at radius 1 is 1.44 bits per heavy atom. The summed E-state index contributed by atoms with van der Waals surface area (Å²) < 4.78 is 27.2. The summed E-state index contributed by atoms with van der Waals surface area (Å²) in [6, 6.07) is 2.43. The Morgan fingerprint density at radius 2 is 2.06 bits per heavy atom. The third kappa shape index (κ3) is 2.12. The van der Waals surface area contributed by atoms with Gasteiger partial charge in [0.2, 0.25) is 0 Å². The molecule has 0 heterocycles. The highest BCUT2D eigenvalue weighted by Gasteiger charge is 2.41. The van der Waals surface area contributed by atoms with Gasteiger partial charge in [-0.1, -0.05) is 0 Å². The highest BCUT2D eigenvalue weighted by molar-refractivity contribution is 9.10. The summed E-state index contributed by atoms with van der Waals surface area (Å²) in [5.41, 5.74) is 4.42. The first-order valence-corrected chi connectivity index (χ1v) is 5.81. The van der Waals surface area contributed by atoms with Crippen LogP contribution in [-0.2, 0) is 6.42 Å². The fourth-order valence-electron chi connectivity index (χ4n) is 2.12. The molecule has 88 valence electrons. The highest BCUT2D eigenvalue weighted by Crippen LogP contribution is 2.36. The Kier molecular flexibility index (Phi) is 3.03. The lowest BCUT2D eigenvalue weighted by Gasteiger charge is -2.42. The zero-order chi connectivity index (χ0) is 11.9. The van der Waals surface area contributed by atoms with Crippen LogP contribution in [0.3, 0.4) is 0 Å². The lowest BCUT2D eigenvalue weighted by molar-refractivity contribution is -0.0467. The van der Waals surface area contributed by atoms with Crippen LogP contribution in [0.4, 0.5) is 8.78 Å². The molecule has 2 rings (SSSR count). The van der Waals surface area contributed by atoms with Crippen molar-refractivity contribution in [3.8, 4) is 0 Å². The standard InChI is InChI=1S/C11H12BrF2NO/c12-8-1-2-9(13)7(10(8)14)5-11(16)3-6(15)4-11/h1-2,6,16H,3-5,15H2. The van der Waals surface area contributed by atoms with Gasteiger partial charge in [-0.3, -0.25) is 0 Å². The molecule has 0 amide bonds. The molecule has 1 aromatic rings. The number of hydrogen-bond donors (Lipinski definition) is 2. The van der Waals surface area contributed by atoms with Crippen LogP contribution in [0, 0.1) is 11.6 Å². The quantitative estimate of drug-likeness (QED) is 0.820. The van der Waals surface area contributed by atoms with Crippen LogP contribution in [0.25, 0.3) is 0 Å². The molecule has 0 spiro atoms. The molecule has 0 radical (unpaired) electrons. The highest BCUT2D eigenvalue weighted by atomic mass is 79.9. The first-order chi connectivity index (χ1) is 7.41. The first-order valence-electron chi connectivity index (χ1n) is 5.02. The van der Waals surface area contributed by atoms with Gasteiger partial charge in [0.1, 0.15) is 11.6 Å². The Bertz CT molecular complexity index is 419. The Hall–Kier alpha value is -0.520. The second kappa shape index (κ2) is 4.05. The Morgan fingerprint density at radius 3 is 2.62 bits per heavy atom. The van der Waals surface area contributed by atoms with E-state index in [0.717, 1.165) is 0 Å². The lowest BCUT2D eigenvalue weighted by atomic mass is 9.72. The summed E-state index contributed by atoms with van der Waals surface area (Å²) in [6.45, 7) is 0. The minimum atomic E-state index is -1.05. The summed E-state index contributed by atoms with van der Waals surface area (Å²) >= 11 is 2.99. The van der Waals surface area contributed by atoms with Crippen LogP contribution < -0.4 is 5.73 Å². The molecule has 1 fully saturated rings. The normalized spacial score (nSPS) is 28.9. The molecular weight excluding hydrogens is 280 g/mol. The van der Waals surface area contributed by atoms with E-state index in [1.165, 1.54) is 12.1 Å². The van der Waals surface area contributed by atoms with Gasteiger partial charge < -0.3 is 10.8 Å². The van der Waals surface area contributed by atoms with Crippen molar-refractivity contribution < 1.29 is 13.9 Å². The van der Waals surface area contributed by atoms with E-state index in [4.69, 9.17) is 5.73 Å². The van der Waals surface area contributed by atoms with Gasteiger partial charge in [0, 0.05) is 18.0 Å². The number of hydrogen-bond acceptors (Lipinski definition) is 2. The van der Waals surface area contributed by atoms with E-state index < -0.39 is 17.2 Å². The SMILES string of the molecule is NC1CC(O)(Cc2c(F)ccc(Br)c2F)C1. The predicted octanol–water partition coefficient (Wildman–Crippen LogP) is 2.12. The van der Waals surface area contributed by atoms with Gasteiger partial charge in [-0.2, -0.15) is 0 Å². The number of rotatable bonds is 2. The molecule has 0 atom stereocenters. The maximum Gasteiger partial charge on any atom is 0.143 e. The summed E-state index contributed by atoms with van der Waals surface area (Å²) in [7, 11) is 0. The molecule has 1 aromatic carbocycles. The second-order valence-corrected chi connectivity index (χ2v) is 5.25. The summed E-state index contributed by atoms with van der Waals surface area (Å²) in [6.07, 6.45) is 0.745. The van der Waals surface area contributed by atoms with E-state index in [1.54, 1.807) is 0 Å². The summed E-state index contributed by atoms with van der Waals surface area (Å²) in [5.74, 6) is -1.27. The van der Waals surface area contributed by atoms with Gasteiger partial charge in [-0.25, -0.2) is 8.78 Å². The fourth-order valence-corrected chi connectivity index (χ4v) is 2.49. The van der Waals surface area contributed by atoms with Crippen molar-refractivity contribution in [3.05, 3.63) is 33.8 Å². The Labute approximate surface area is 101 Å². The molecule has 16 heavy (non-hydrogen) atoms. The fraction of sp³-hybridized carbons (Fsp3) is 0.455. The monoisotopic (exact) mass is 291 g/mol. The molecule has 1 aliphatic carbocycles. The molecule has 0 unspecified atom stereocenters. The molecule has 2 nitrogen and oxygen atoms in total.